The number of hydrogen-bond donors (Lipinski definition) is 1. The molecule has 0 bridgehead atoms. The van der Waals surface area contributed by atoms with Crippen LogP contribution in [0.1, 0.15) is 59.3 Å². The van der Waals surface area contributed by atoms with Gasteiger partial charge < -0.3 is 5.11 Å². The molecule has 0 radical (unpaired) electrons. The lowest BCUT2D eigenvalue weighted by atomic mass is 9.77. The summed E-state index contributed by atoms with van der Waals surface area (Å²) in [6.45, 7) is 6.25. The Labute approximate surface area is 115 Å². The molecule has 2 atom stereocenters. The van der Waals surface area contributed by atoms with Crippen LogP contribution in [0.25, 0.3) is 0 Å². The second kappa shape index (κ2) is 5.48. The first-order valence-corrected chi connectivity index (χ1v) is 7.37. The lowest BCUT2D eigenvalue weighted by Crippen LogP contribution is -2.27. The summed E-state index contributed by atoms with van der Waals surface area (Å²) in [7, 11) is 0. The molecular weight excluding hydrogens is 238 g/mol. The number of aliphatic hydroxyl groups excluding tert-OH is 1. The number of aliphatic imine (C=N–C) groups is 1. The van der Waals surface area contributed by atoms with Crippen molar-refractivity contribution in [2.75, 3.05) is 0 Å². The van der Waals surface area contributed by atoms with E-state index in [-0.39, 0.29) is 17.0 Å². The average Bonchev–Trinajstić information content (AvgIpc) is 2.28. The molecule has 0 aromatic rings. The largest absolute Gasteiger partial charge is 0.511 e. The van der Waals surface area contributed by atoms with Crippen LogP contribution in [0.4, 0.5) is 0 Å². The van der Waals surface area contributed by atoms with Crippen LogP contribution in [0.3, 0.4) is 0 Å². The summed E-state index contributed by atoms with van der Waals surface area (Å²) in [5, 5.41) is 10.0. The van der Waals surface area contributed by atoms with E-state index in [1.54, 1.807) is 6.21 Å². The molecule has 0 aromatic carbocycles. The Morgan fingerprint density at radius 3 is 2.58 bits per heavy atom. The molecule has 3 heteroatoms. The molecular formula is C16H25NO2. The zero-order valence-electron chi connectivity index (χ0n) is 12.3. The number of rotatable bonds is 2. The maximum atomic E-state index is 12.1. The van der Waals surface area contributed by atoms with Crippen molar-refractivity contribution in [3.63, 3.8) is 0 Å². The van der Waals surface area contributed by atoms with Gasteiger partial charge in [-0.1, -0.05) is 33.6 Å². The molecule has 0 aromatic heterocycles. The predicted octanol–water partition coefficient (Wildman–Crippen LogP) is 3.84. The summed E-state index contributed by atoms with van der Waals surface area (Å²) in [6, 6.07) is 0.316. The van der Waals surface area contributed by atoms with Crippen LogP contribution >= 0.6 is 0 Å². The Morgan fingerprint density at radius 1 is 1.26 bits per heavy atom. The van der Waals surface area contributed by atoms with E-state index in [1.165, 1.54) is 19.3 Å². The van der Waals surface area contributed by atoms with Gasteiger partial charge in [-0.05, 0) is 24.2 Å². The number of nitrogens with zero attached hydrogens (tertiary/aromatic N) is 1. The summed E-state index contributed by atoms with van der Waals surface area (Å²) < 4.78 is 0. The third-order valence-electron chi connectivity index (χ3n) is 4.36. The van der Waals surface area contributed by atoms with E-state index < -0.39 is 0 Å². The summed E-state index contributed by atoms with van der Waals surface area (Å²) in [6.07, 6.45) is 7.53. The van der Waals surface area contributed by atoms with Gasteiger partial charge in [-0.2, -0.15) is 0 Å². The van der Waals surface area contributed by atoms with Gasteiger partial charge in [-0.25, -0.2) is 0 Å². The fraction of sp³-hybridized carbons (Fsp3) is 0.750. The van der Waals surface area contributed by atoms with E-state index in [0.29, 0.717) is 30.4 Å². The van der Waals surface area contributed by atoms with Crippen LogP contribution in [0.5, 0.6) is 0 Å². The van der Waals surface area contributed by atoms with E-state index in [0.717, 1.165) is 6.42 Å². The molecule has 1 saturated carbocycles. The van der Waals surface area contributed by atoms with Crippen LogP contribution in [0.15, 0.2) is 16.3 Å². The monoisotopic (exact) mass is 263 g/mol. The van der Waals surface area contributed by atoms with Crippen molar-refractivity contribution < 1.29 is 9.90 Å². The highest BCUT2D eigenvalue weighted by molar-refractivity contribution is 6.14. The minimum absolute atomic E-state index is 0.0287. The number of aliphatic hydroxyl groups is 1. The summed E-state index contributed by atoms with van der Waals surface area (Å²) in [5.41, 5.74) is 0.313. The molecule has 19 heavy (non-hydrogen) atoms. The fourth-order valence-electron chi connectivity index (χ4n) is 3.14. The molecule has 0 spiro atoms. The van der Waals surface area contributed by atoms with Crippen LogP contribution in [0, 0.1) is 11.3 Å². The van der Waals surface area contributed by atoms with Crippen molar-refractivity contribution in [1.82, 2.24) is 0 Å². The van der Waals surface area contributed by atoms with E-state index in [1.807, 2.05) is 13.8 Å². The zero-order valence-corrected chi connectivity index (χ0v) is 12.3. The van der Waals surface area contributed by atoms with Crippen molar-refractivity contribution in [2.45, 2.75) is 65.3 Å². The molecule has 0 heterocycles. The standard InChI is InChI=1S/C16H25NO2/c1-11-6-4-5-7-13(11)17-10-12-14(18)8-16(2,3)9-15(12)19/h10-11,13,18H,4-9H2,1-3H3/t11-,13-/m1/s1. The number of hydrogen-bond acceptors (Lipinski definition) is 3. The molecule has 106 valence electrons. The fourth-order valence-corrected chi connectivity index (χ4v) is 3.14. The molecule has 0 saturated heterocycles. The van der Waals surface area contributed by atoms with Crippen LogP contribution < -0.4 is 0 Å². The molecule has 1 fully saturated rings. The Hall–Kier alpha value is -1.12. The molecule has 0 aliphatic heterocycles. The molecule has 2 aliphatic rings. The highest BCUT2D eigenvalue weighted by Crippen LogP contribution is 2.35. The second-order valence-electron chi connectivity index (χ2n) is 6.91. The molecule has 0 unspecified atom stereocenters. The number of carbonyl (C=O) groups is 1. The van der Waals surface area contributed by atoms with Crippen molar-refractivity contribution in [3.05, 3.63) is 11.3 Å². The normalized spacial score (nSPS) is 32.1. The summed E-state index contributed by atoms with van der Waals surface area (Å²) >= 11 is 0. The van der Waals surface area contributed by atoms with Gasteiger partial charge in [-0.15, -0.1) is 0 Å². The van der Waals surface area contributed by atoms with Gasteiger partial charge in [-0.3, -0.25) is 9.79 Å². The minimum Gasteiger partial charge on any atom is -0.511 e. The van der Waals surface area contributed by atoms with Crippen LogP contribution in [-0.2, 0) is 4.79 Å². The number of ketones is 1. The SMILES string of the molecule is C[C@@H]1CCCC[C@H]1N=CC1=C(O)CC(C)(C)CC1=O. The second-order valence-corrected chi connectivity index (χ2v) is 6.91. The first kappa shape index (κ1) is 14.3. The van der Waals surface area contributed by atoms with Crippen LogP contribution in [0.2, 0.25) is 0 Å². The van der Waals surface area contributed by atoms with Crippen molar-refractivity contribution in [3.8, 4) is 0 Å². The molecule has 3 nitrogen and oxygen atoms in total. The Morgan fingerprint density at radius 2 is 1.95 bits per heavy atom. The lowest BCUT2D eigenvalue weighted by Gasteiger charge is -2.29. The van der Waals surface area contributed by atoms with Crippen LogP contribution in [-0.4, -0.2) is 23.1 Å². The first-order chi connectivity index (χ1) is 8.89. The van der Waals surface area contributed by atoms with Gasteiger partial charge in [0.2, 0.25) is 0 Å². The topological polar surface area (TPSA) is 49.7 Å². The van der Waals surface area contributed by atoms with E-state index in [4.69, 9.17) is 0 Å². The van der Waals surface area contributed by atoms with E-state index in [9.17, 15) is 9.90 Å². The van der Waals surface area contributed by atoms with Gasteiger partial charge in [0, 0.05) is 19.1 Å². The predicted molar refractivity (Wildman–Crippen MR) is 77.6 cm³/mol. The highest BCUT2D eigenvalue weighted by Gasteiger charge is 2.32. The van der Waals surface area contributed by atoms with Crippen molar-refractivity contribution in [1.29, 1.82) is 0 Å². The molecule has 2 rings (SSSR count). The van der Waals surface area contributed by atoms with Crippen molar-refractivity contribution in [2.24, 2.45) is 16.3 Å². The summed E-state index contributed by atoms with van der Waals surface area (Å²) in [4.78, 5) is 16.6. The van der Waals surface area contributed by atoms with E-state index in [2.05, 4.69) is 11.9 Å². The van der Waals surface area contributed by atoms with Crippen molar-refractivity contribution >= 4 is 12.0 Å². The smallest absolute Gasteiger partial charge is 0.168 e. The number of carbonyl (C=O) groups excluding carboxylic acids is 1. The van der Waals surface area contributed by atoms with Gasteiger partial charge in [0.05, 0.1) is 11.6 Å². The van der Waals surface area contributed by atoms with E-state index >= 15 is 0 Å². The zero-order chi connectivity index (χ0) is 14.0. The van der Waals surface area contributed by atoms with Gasteiger partial charge in [0.25, 0.3) is 0 Å². The minimum atomic E-state index is -0.128. The van der Waals surface area contributed by atoms with Gasteiger partial charge in [0.15, 0.2) is 5.78 Å². The molecule has 1 N–H and O–H groups in total. The maximum absolute atomic E-state index is 12.1. The number of allylic oxidation sites excluding steroid dienone is 2. The van der Waals surface area contributed by atoms with Gasteiger partial charge >= 0.3 is 0 Å². The summed E-state index contributed by atoms with van der Waals surface area (Å²) in [5.74, 6) is 0.831. The average molecular weight is 263 g/mol. The molecule has 0 amide bonds. The Kier molecular flexibility index (Phi) is 4.12. The lowest BCUT2D eigenvalue weighted by molar-refractivity contribution is -0.117. The third kappa shape index (κ3) is 3.46. The number of Topliss-reactive ketones (excluding diaryl/α,β-unsaturated/α-hetero) is 1. The van der Waals surface area contributed by atoms with Gasteiger partial charge in [0.1, 0.15) is 5.76 Å². The third-order valence-corrected chi connectivity index (χ3v) is 4.36. The highest BCUT2D eigenvalue weighted by atomic mass is 16.3. The Bertz CT molecular complexity index is 420. The Balaban J connectivity index is 2.11. The first-order valence-electron chi connectivity index (χ1n) is 7.37. The maximum Gasteiger partial charge on any atom is 0.168 e. The molecule has 2 aliphatic carbocycles. The quantitative estimate of drug-likeness (QED) is 0.770.